The van der Waals surface area contributed by atoms with Crippen LogP contribution >= 0.6 is 0 Å². The second kappa shape index (κ2) is 12.5. The number of anilines is 1. The number of aliphatic carboxylic acids is 1. The summed E-state index contributed by atoms with van der Waals surface area (Å²) in [4.78, 5) is 44.3. The normalized spacial score (nSPS) is 11.8. The van der Waals surface area contributed by atoms with E-state index < -0.39 is 23.8 Å². The monoisotopic (exact) mass is 474 g/mol. The van der Waals surface area contributed by atoms with Gasteiger partial charge in [-0.1, -0.05) is 42.5 Å². The number of aromatic nitrogens is 1. The van der Waals surface area contributed by atoms with Crippen LogP contribution in [-0.4, -0.2) is 40.4 Å². The predicted molar refractivity (Wildman–Crippen MR) is 132 cm³/mol. The van der Waals surface area contributed by atoms with Gasteiger partial charge in [-0.05, 0) is 35.4 Å². The van der Waals surface area contributed by atoms with E-state index in [4.69, 9.17) is 10.8 Å². The third-order valence-electron chi connectivity index (χ3n) is 4.88. The summed E-state index contributed by atoms with van der Waals surface area (Å²) in [7, 11) is 0. The Morgan fingerprint density at radius 2 is 1.83 bits per heavy atom. The molecule has 0 bridgehead atoms. The molecule has 1 aromatic heterocycles. The summed E-state index contributed by atoms with van der Waals surface area (Å²) in [5, 5.41) is 17.2. The van der Waals surface area contributed by atoms with E-state index in [0.29, 0.717) is 23.4 Å². The number of carboxylic acids is 1. The third-order valence-corrected chi connectivity index (χ3v) is 4.88. The van der Waals surface area contributed by atoms with Gasteiger partial charge in [-0.25, -0.2) is 4.99 Å². The van der Waals surface area contributed by atoms with Crippen molar-refractivity contribution < 1.29 is 19.5 Å². The molecule has 2 amide bonds. The highest BCUT2D eigenvalue weighted by Gasteiger charge is 2.19. The Bertz CT molecular complexity index is 1180. The first-order valence-corrected chi connectivity index (χ1v) is 10.8. The Morgan fingerprint density at radius 1 is 1.03 bits per heavy atom. The zero-order valence-electron chi connectivity index (χ0n) is 18.8. The minimum Gasteiger partial charge on any atom is -0.481 e. The zero-order chi connectivity index (χ0) is 25.0. The average molecular weight is 475 g/mol. The fraction of sp³-hybridized carbons (Fsp3) is 0.160. The number of amides is 2. The van der Waals surface area contributed by atoms with E-state index in [0.717, 1.165) is 5.56 Å². The van der Waals surface area contributed by atoms with Crippen molar-refractivity contribution in [3.8, 4) is 0 Å². The van der Waals surface area contributed by atoms with Crippen LogP contribution in [0.15, 0.2) is 84.1 Å². The van der Waals surface area contributed by atoms with E-state index >= 15 is 0 Å². The Hall–Kier alpha value is -4.73. The van der Waals surface area contributed by atoms with E-state index in [1.54, 1.807) is 42.6 Å². The van der Waals surface area contributed by atoms with Crippen molar-refractivity contribution in [1.29, 1.82) is 0 Å². The van der Waals surface area contributed by atoms with E-state index in [1.165, 1.54) is 6.20 Å². The second-order valence-corrected chi connectivity index (χ2v) is 7.58. The summed E-state index contributed by atoms with van der Waals surface area (Å²) in [5.74, 6) is -1.87. The van der Waals surface area contributed by atoms with Gasteiger partial charge in [-0.3, -0.25) is 19.4 Å². The maximum atomic E-state index is 12.5. The van der Waals surface area contributed by atoms with Crippen molar-refractivity contribution in [2.75, 3.05) is 11.9 Å². The lowest BCUT2D eigenvalue weighted by molar-refractivity contribution is -0.137. The number of nitrogens with one attached hydrogen (secondary N) is 3. The number of hydrogen-bond acceptors (Lipinski definition) is 5. The topological polar surface area (TPSA) is 159 Å². The number of carboxylic acid groups (broad SMARTS) is 1. The first-order chi connectivity index (χ1) is 16.9. The first kappa shape index (κ1) is 24.9. The van der Waals surface area contributed by atoms with Crippen LogP contribution in [0.5, 0.6) is 0 Å². The molecule has 180 valence electrons. The lowest BCUT2D eigenvalue weighted by Crippen LogP contribution is -2.39. The molecule has 35 heavy (non-hydrogen) atoms. The fourth-order valence-electron chi connectivity index (χ4n) is 3.20. The summed E-state index contributed by atoms with van der Waals surface area (Å²) < 4.78 is 0. The smallest absolute Gasteiger partial charge is 0.305 e. The Balaban J connectivity index is 1.54. The minimum absolute atomic E-state index is 0.200. The number of aliphatic imine (C=N–C) groups is 1. The van der Waals surface area contributed by atoms with Crippen LogP contribution < -0.4 is 21.7 Å². The summed E-state index contributed by atoms with van der Waals surface area (Å²) in [5.41, 5.74) is 8.39. The molecule has 1 unspecified atom stereocenters. The van der Waals surface area contributed by atoms with Gasteiger partial charge in [-0.2, -0.15) is 0 Å². The van der Waals surface area contributed by atoms with Crippen molar-refractivity contribution in [1.82, 2.24) is 15.6 Å². The van der Waals surface area contributed by atoms with Crippen LogP contribution in [0.2, 0.25) is 0 Å². The van der Waals surface area contributed by atoms with Gasteiger partial charge in [0, 0.05) is 23.6 Å². The molecule has 0 saturated carbocycles. The highest BCUT2D eigenvalue weighted by molar-refractivity contribution is 5.99. The quantitative estimate of drug-likeness (QED) is 0.222. The molecule has 6 N–H and O–H groups in total. The van der Waals surface area contributed by atoms with Crippen molar-refractivity contribution in [3.05, 3.63) is 95.8 Å². The summed E-state index contributed by atoms with van der Waals surface area (Å²) >= 11 is 0. The van der Waals surface area contributed by atoms with E-state index in [1.807, 2.05) is 30.3 Å². The number of guanidine groups is 1. The van der Waals surface area contributed by atoms with E-state index in [2.05, 4.69) is 25.9 Å². The van der Waals surface area contributed by atoms with Crippen molar-refractivity contribution in [2.45, 2.75) is 19.0 Å². The van der Waals surface area contributed by atoms with Crippen LogP contribution in [0.25, 0.3) is 0 Å². The van der Waals surface area contributed by atoms with Gasteiger partial charge in [0.15, 0.2) is 5.96 Å². The lowest BCUT2D eigenvalue weighted by atomic mass is 10.1. The molecule has 0 aliphatic carbocycles. The largest absolute Gasteiger partial charge is 0.481 e. The third kappa shape index (κ3) is 8.28. The highest BCUT2D eigenvalue weighted by atomic mass is 16.4. The molecule has 10 nitrogen and oxygen atoms in total. The van der Waals surface area contributed by atoms with Gasteiger partial charge < -0.3 is 26.8 Å². The highest BCUT2D eigenvalue weighted by Crippen LogP contribution is 2.15. The number of rotatable bonds is 10. The summed E-state index contributed by atoms with van der Waals surface area (Å²) in [6.45, 7) is 0.0877. The molecule has 0 spiro atoms. The summed E-state index contributed by atoms with van der Waals surface area (Å²) in [6, 6.07) is 18.8. The molecule has 1 atom stereocenters. The maximum absolute atomic E-state index is 12.5. The van der Waals surface area contributed by atoms with Gasteiger partial charge >= 0.3 is 5.97 Å². The molecule has 3 rings (SSSR count). The Morgan fingerprint density at radius 3 is 2.54 bits per heavy atom. The Labute approximate surface area is 202 Å². The SMILES string of the molecule is NC(=NCc1ccccc1)Nc1cccc(C(=O)NCC(=O)NC(CC(=O)O)c2cccnc2)c1. The van der Waals surface area contributed by atoms with Gasteiger partial charge in [0.1, 0.15) is 0 Å². The molecular formula is C25H26N6O4. The molecule has 0 saturated heterocycles. The van der Waals surface area contributed by atoms with Crippen LogP contribution in [0.3, 0.4) is 0 Å². The Kier molecular flexibility index (Phi) is 8.89. The molecule has 0 radical (unpaired) electrons. The van der Waals surface area contributed by atoms with Crippen molar-refractivity contribution in [2.24, 2.45) is 10.7 Å². The average Bonchev–Trinajstić information content (AvgIpc) is 2.86. The molecule has 10 heteroatoms. The van der Waals surface area contributed by atoms with Gasteiger partial charge in [-0.15, -0.1) is 0 Å². The molecule has 2 aromatic carbocycles. The maximum Gasteiger partial charge on any atom is 0.305 e. The number of carbonyl (C=O) groups is 3. The van der Waals surface area contributed by atoms with Crippen LogP contribution in [0.1, 0.15) is 33.9 Å². The molecule has 0 fully saturated rings. The number of hydrogen-bond donors (Lipinski definition) is 5. The molecule has 0 aliphatic rings. The number of carbonyl (C=O) groups excluding carboxylic acids is 2. The van der Waals surface area contributed by atoms with Gasteiger partial charge in [0.25, 0.3) is 5.91 Å². The zero-order valence-corrected chi connectivity index (χ0v) is 18.8. The number of nitrogens with zero attached hydrogens (tertiary/aromatic N) is 2. The second-order valence-electron chi connectivity index (χ2n) is 7.58. The summed E-state index contributed by atoms with van der Waals surface area (Å²) in [6.07, 6.45) is 2.72. The minimum atomic E-state index is -1.07. The molecular weight excluding hydrogens is 448 g/mol. The van der Waals surface area contributed by atoms with Crippen LogP contribution in [0, 0.1) is 0 Å². The van der Waals surface area contributed by atoms with Gasteiger partial charge in [0.05, 0.1) is 25.6 Å². The van der Waals surface area contributed by atoms with Crippen LogP contribution in [0.4, 0.5) is 5.69 Å². The van der Waals surface area contributed by atoms with Crippen molar-refractivity contribution >= 4 is 29.4 Å². The number of benzene rings is 2. The lowest BCUT2D eigenvalue weighted by Gasteiger charge is -2.17. The van der Waals surface area contributed by atoms with E-state index in [-0.39, 0.29) is 18.9 Å². The number of nitrogens with two attached hydrogens (primary N) is 1. The van der Waals surface area contributed by atoms with Gasteiger partial charge in [0.2, 0.25) is 5.91 Å². The first-order valence-electron chi connectivity index (χ1n) is 10.8. The van der Waals surface area contributed by atoms with Crippen molar-refractivity contribution in [3.63, 3.8) is 0 Å². The van der Waals surface area contributed by atoms with Crippen LogP contribution in [-0.2, 0) is 16.1 Å². The predicted octanol–water partition coefficient (Wildman–Crippen LogP) is 2.07. The molecule has 3 aromatic rings. The van der Waals surface area contributed by atoms with E-state index in [9.17, 15) is 14.4 Å². The standard InChI is InChI=1S/C25H26N6O4/c26-25(29-14-17-6-2-1-3-7-17)30-20-10-4-8-18(12-20)24(35)28-16-22(32)31-21(13-23(33)34)19-9-5-11-27-15-19/h1-12,15,21H,13-14,16H2,(H,28,35)(H,31,32)(H,33,34)(H3,26,29,30). The molecule has 1 heterocycles. The fourth-order valence-corrected chi connectivity index (χ4v) is 3.20. The molecule has 0 aliphatic heterocycles. The number of pyridine rings is 1.